The van der Waals surface area contributed by atoms with Crippen LogP contribution in [0.1, 0.15) is 62.0 Å². The molecule has 2 amide bonds. The van der Waals surface area contributed by atoms with Gasteiger partial charge in [-0.1, -0.05) is 25.9 Å². The topological polar surface area (TPSA) is 84.2 Å². The van der Waals surface area contributed by atoms with Gasteiger partial charge in [-0.2, -0.15) is 0 Å². The van der Waals surface area contributed by atoms with Gasteiger partial charge in [-0.25, -0.2) is 0 Å². The van der Waals surface area contributed by atoms with E-state index in [9.17, 15) is 9.59 Å². The molecule has 0 atom stereocenters. The number of amides is 2. The van der Waals surface area contributed by atoms with Crippen molar-refractivity contribution in [2.75, 3.05) is 10.6 Å². The highest BCUT2D eigenvalue weighted by Gasteiger charge is 2.38. The van der Waals surface area contributed by atoms with Crippen LogP contribution in [0.25, 0.3) is 0 Å². The first-order valence-corrected chi connectivity index (χ1v) is 8.26. The fraction of sp³-hybridized carbons (Fsp3) is 0.421. The molecule has 6 nitrogen and oxygen atoms in total. The molecule has 0 spiro atoms. The lowest BCUT2D eigenvalue weighted by Gasteiger charge is -2.17. The Balaban J connectivity index is 1.93. The molecule has 3 rings (SSSR count). The first-order chi connectivity index (χ1) is 11.5. The second-order valence-corrected chi connectivity index (χ2v) is 8.01. The summed E-state index contributed by atoms with van der Waals surface area (Å²) in [5, 5.41) is 9.81. The number of benzene rings is 1. The van der Waals surface area contributed by atoms with Gasteiger partial charge in [0.25, 0.3) is 5.91 Å². The minimum absolute atomic E-state index is 0.0455. The van der Waals surface area contributed by atoms with E-state index in [0.717, 1.165) is 11.3 Å². The highest BCUT2D eigenvalue weighted by atomic mass is 16.5. The molecular formula is C19H23N3O3. The van der Waals surface area contributed by atoms with Crippen molar-refractivity contribution in [3.05, 3.63) is 40.8 Å². The van der Waals surface area contributed by atoms with E-state index in [4.69, 9.17) is 4.52 Å². The number of nitrogens with one attached hydrogen (secondary N) is 2. The maximum absolute atomic E-state index is 12.8. The Kier molecular flexibility index (Phi) is 3.74. The zero-order valence-corrected chi connectivity index (χ0v) is 15.4. The number of hydrogen-bond donors (Lipinski definition) is 2. The number of carbonyl (C=O) groups is 2. The summed E-state index contributed by atoms with van der Waals surface area (Å²) in [6.45, 7) is 11.4. The molecule has 1 aromatic heterocycles. The summed E-state index contributed by atoms with van der Waals surface area (Å²) in [4.78, 5) is 24.8. The highest BCUT2D eigenvalue weighted by molar-refractivity contribution is 6.08. The number of anilines is 2. The molecule has 1 aliphatic heterocycles. The summed E-state index contributed by atoms with van der Waals surface area (Å²) in [6, 6.07) is 5.42. The van der Waals surface area contributed by atoms with Crippen molar-refractivity contribution in [1.82, 2.24) is 5.16 Å². The Morgan fingerprint density at radius 3 is 2.60 bits per heavy atom. The molecule has 0 radical (unpaired) electrons. The minimum Gasteiger partial charge on any atom is -0.361 e. The van der Waals surface area contributed by atoms with Crippen LogP contribution in [0.4, 0.5) is 11.4 Å². The van der Waals surface area contributed by atoms with E-state index in [0.29, 0.717) is 22.7 Å². The van der Waals surface area contributed by atoms with Crippen molar-refractivity contribution in [2.45, 2.75) is 52.4 Å². The van der Waals surface area contributed by atoms with E-state index in [1.54, 1.807) is 13.0 Å². The van der Waals surface area contributed by atoms with Crippen molar-refractivity contribution in [3.63, 3.8) is 0 Å². The number of aryl methyl sites for hydroxylation is 1. The normalized spacial score (nSPS) is 15.7. The molecule has 2 aromatic rings. The third kappa shape index (κ3) is 2.81. The molecule has 0 fully saturated rings. The second kappa shape index (κ2) is 5.44. The summed E-state index contributed by atoms with van der Waals surface area (Å²) in [7, 11) is 0. The first-order valence-electron chi connectivity index (χ1n) is 8.26. The van der Waals surface area contributed by atoms with Gasteiger partial charge in [-0.05, 0) is 44.5 Å². The number of aromatic nitrogens is 1. The molecule has 0 saturated carbocycles. The molecule has 6 heteroatoms. The Morgan fingerprint density at radius 2 is 1.96 bits per heavy atom. The van der Waals surface area contributed by atoms with Gasteiger partial charge in [0.05, 0.1) is 5.41 Å². The van der Waals surface area contributed by atoms with Crippen LogP contribution >= 0.6 is 0 Å². The van der Waals surface area contributed by atoms with Crippen molar-refractivity contribution in [3.8, 4) is 0 Å². The van der Waals surface area contributed by atoms with Crippen molar-refractivity contribution in [2.24, 2.45) is 0 Å². The second-order valence-electron chi connectivity index (χ2n) is 8.01. The van der Waals surface area contributed by atoms with Crippen LogP contribution < -0.4 is 10.6 Å². The molecule has 0 aliphatic carbocycles. The maximum Gasteiger partial charge on any atom is 0.261 e. The Labute approximate surface area is 147 Å². The van der Waals surface area contributed by atoms with Gasteiger partial charge in [-0.15, -0.1) is 0 Å². The average molecular weight is 341 g/mol. The van der Waals surface area contributed by atoms with Gasteiger partial charge in [0, 0.05) is 16.8 Å². The lowest BCUT2D eigenvalue weighted by molar-refractivity contribution is -0.119. The SMILES string of the molecule is Cc1onc(C(C)(C)C)c1C(=O)Nc1ccc2c(c1)C(C)(C)C(=O)N2. The van der Waals surface area contributed by atoms with E-state index < -0.39 is 5.41 Å². The molecule has 2 heterocycles. The number of hydrogen-bond acceptors (Lipinski definition) is 4. The van der Waals surface area contributed by atoms with E-state index >= 15 is 0 Å². The lowest BCUT2D eigenvalue weighted by Crippen LogP contribution is -2.27. The molecule has 1 aliphatic rings. The standard InChI is InChI=1S/C19H23N3O3/c1-10-14(15(22-25-10)18(2,3)4)16(23)20-11-7-8-13-12(9-11)19(5,6)17(24)21-13/h7-9H,1-6H3,(H,20,23)(H,21,24). The van der Waals surface area contributed by atoms with Gasteiger partial charge < -0.3 is 15.2 Å². The van der Waals surface area contributed by atoms with Crippen LogP contribution in [0.15, 0.2) is 22.7 Å². The Hall–Kier alpha value is -2.63. The van der Waals surface area contributed by atoms with E-state index in [-0.39, 0.29) is 17.2 Å². The summed E-state index contributed by atoms with van der Waals surface area (Å²) >= 11 is 0. The molecule has 1 aromatic carbocycles. The quantitative estimate of drug-likeness (QED) is 0.871. The molecule has 25 heavy (non-hydrogen) atoms. The van der Waals surface area contributed by atoms with Crippen molar-refractivity contribution in [1.29, 1.82) is 0 Å². The number of carbonyl (C=O) groups excluding carboxylic acids is 2. The maximum atomic E-state index is 12.8. The van der Waals surface area contributed by atoms with E-state index in [2.05, 4.69) is 15.8 Å². The number of rotatable bonds is 2. The molecule has 2 N–H and O–H groups in total. The zero-order valence-electron chi connectivity index (χ0n) is 15.4. The van der Waals surface area contributed by atoms with Gasteiger partial charge in [0.15, 0.2) is 0 Å². The van der Waals surface area contributed by atoms with Gasteiger partial charge in [-0.3, -0.25) is 9.59 Å². The first kappa shape index (κ1) is 17.2. The summed E-state index contributed by atoms with van der Waals surface area (Å²) in [5.41, 5.74) is 2.44. The molecular weight excluding hydrogens is 318 g/mol. The molecule has 0 bridgehead atoms. The Morgan fingerprint density at radius 1 is 1.28 bits per heavy atom. The largest absolute Gasteiger partial charge is 0.361 e. The van der Waals surface area contributed by atoms with Gasteiger partial charge >= 0.3 is 0 Å². The molecule has 0 saturated heterocycles. The van der Waals surface area contributed by atoms with Crippen molar-refractivity contribution >= 4 is 23.2 Å². The average Bonchev–Trinajstić information content (AvgIpc) is 2.99. The summed E-state index contributed by atoms with van der Waals surface area (Å²) in [5.74, 6) is 0.176. The molecule has 0 unspecified atom stereocenters. The van der Waals surface area contributed by atoms with Gasteiger partial charge in [0.2, 0.25) is 5.91 Å². The lowest BCUT2D eigenvalue weighted by atomic mass is 9.86. The fourth-order valence-corrected chi connectivity index (χ4v) is 2.99. The predicted molar refractivity (Wildman–Crippen MR) is 96.0 cm³/mol. The predicted octanol–water partition coefficient (Wildman–Crippen LogP) is 3.76. The van der Waals surface area contributed by atoms with E-state index in [1.165, 1.54) is 0 Å². The van der Waals surface area contributed by atoms with Crippen LogP contribution in [0, 0.1) is 6.92 Å². The van der Waals surface area contributed by atoms with Crippen molar-refractivity contribution < 1.29 is 14.1 Å². The van der Waals surface area contributed by atoms with Gasteiger partial charge in [0.1, 0.15) is 17.0 Å². The van der Waals surface area contributed by atoms with Crippen LogP contribution in [0.5, 0.6) is 0 Å². The minimum atomic E-state index is -0.625. The third-order valence-electron chi connectivity index (χ3n) is 4.57. The van der Waals surface area contributed by atoms with Crippen LogP contribution in [-0.4, -0.2) is 17.0 Å². The van der Waals surface area contributed by atoms with Crippen LogP contribution in [0.3, 0.4) is 0 Å². The number of nitrogens with zero attached hydrogens (tertiary/aromatic N) is 1. The van der Waals surface area contributed by atoms with E-state index in [1.807, 2.05) is 46.8 Å². The fourth-order valence-electron chi connectivity index (χ4n) is 2.99. The zero-order chi connectivity index (χ0) is 18.6. The molecule has 132 valence electrons. The summed E-state index contributed by atoms with van der Waals surface area (Å²) < 4.78 is 5.24. The van der Waals surface area contributed by atoms with Crippen LogP contribution in [-0.2, 0) is 15.6 Å². The van der Waals surface area contributed by atoms with Crippen LogP contribution in [0.2, 0.25) is 0 Å². The number of fused-ring (bicyclic) bond motifs is 1. The highest BCUT2D eigenvalue weighted by Crippen LogP contribution is 2.39. The Bertz CT molecular complexity index is 873. The third-order valence-corrected chi connectivity index (χ3v) is 4.57. The monoisotopic (exact) mass is 341 g/mol. The summed E-state index contributed by atoms with van der Waals surface area (Å²) in [6.07, 6.45) is 0. The smallest absolute Gasteiger partial charge is 0.261 e.